The van der Waals surface area contributed by atoms with Gasteiger partial charge >= 0.3 is 5.97 Å². The molecule has 116 valence electrons. The average molecular weight is 298 g/mol. The standard InChI is InChI=1S/C13H18N2O6/c16-11(14-6-8-20-9-12(17)18)4-1-5-15-13(19)10-3-2-7-21-10/h2-3,7H,1,4-6,8-9H2,(H,14,16)(H,15,19)(H,17,18). The van der Waals surface area contributed by atoms with Gasteiger partial charge in [-0.05, 0) is 18.6 Å². The third-order valence-electron chi connectivity index (χ3n) is 2.41. The lowest BCUT2D eigenvalue weighted by Gasteiger charge is -2.06. The van der Waals surface area contributed by atoms with E-state index in [2.05, 4.69) is 10.6 Å². The summed E-state index contributed by atoms with van der Waals surface area (Å²) in [5.41, 5.74) is 0. The molecule has 3 N–H and O–H groups in total. The number of ether oxygens (including phenoxy) is 1. The number of hydrogen-bond acceptors (Lipinski definition) is 5. The van der Waals surface area contributed by atoms with Crippen molar-refractivity contribution in [3.05, 3.63) is 24.2 Å². The smallest absolute Gasteiger partial charge is 0.329 e. The van der Waals surface area contributed by atoms with E-state index < -0.39 is 5.97 Å². The summed E-state index contributed by atoms with van der Waals surface area (Å²) in [6, 6.07) is 3.17. The molecular formula is C13H18N2O6. The highest BCUT2D eigenvalue weighted by molar-refractivity contribution is 5.91. The Labute approximate surface area is 121 Å². The fourth-order valence-corrected chi connectivity index (χ4v) is 1.46. The summed E-state index contributed by atoms with van der Waals surface area (Å²) in [7, 11) is 0. The number of aliphatic carboxylic acids is 1. The molecule has 1 aromatic heterocycles. The van der Waals surface area contributed by atoms with Gasteiger partial charge in [-0.2, -0.15) is 0 Å². The third-order valence-corrected chi connectivity index (χ3v) is 2.41. The molecule has 1 heterocycles. The molecule has 0 aliphatic rings. The van der Waals surface area contributed by atoms with Crippen LogP contribution in [0.25, 0.3) is 0 Å². The minimum atomic E-state index is -1.05. The van der Waals surface area contributed by atoms with E-state index in [1.807, 2.05) is 0 Å². The van der Waals surface area contributed by atoms with Crippen molar-refractivity contribution in [3.63, 3.8) is 0 Å². The number of rotatable bonds is 10. The van der Waals surface area contributed by atoms with Crippen LogP contribution in [0, 0.1) is 0 Å². The van der Waals surface area contributed by atoms with Crippen molar-refractivity contribution in [1.29, 1.82) is 0 Å². The van der Waals surface area contributed by atoms with E-state index >= 15 is 0 Å². The minimum Gasteiger partial charge on any atom is -0.480 e. The van der Waals surface area contributed by atoms with Crippen molar-refractivity contribution in [2.24, 2.45) is 0 Å². The molecule has 0 radical (unpaired) electrons. The van der Waals surface area contributed by atoms with Crippen LogP contribution in [-0.2, 0) is 14.3 Å². The highest BCUT2D eigenvalue weighted by Gasteiger charge is 2.07. The maximum absolute atomic E-state index is 11.5. The van der Waals surface area contributed by atoms with E-state index in [4.69, 9.17) is 14.3 Å². The summed E-state index contributed by atoms with van der Waals surface area (Å²) in [6.07, 6.45) is 2.17. The van der Waals surface area contributed by atoms with Gasteiger partial charge in [-0.1, -0.05) is 0 Å². The number of carbonyl (C=O) groups excluding carboxylic acids is 2. The van der Waals surface area contributed by atoms with Gasteiger partial charge in [0.1, 0.15) is 6.61 Å². The molecular weight excluding hydrogens is 280 g/mol. The molecule has 8 nitrogen and oxygen atoms in total. The SMILES string of the molecule is O=C(O)COCCNC(=O)CCCNC(=O)c1ccco1. The number of hydrogen-bond donors (Lipinski definition) is 3. The van der Waals surface area contributed by atoms with Crippen LogP contribution in [0.15, 0.2) is 22.8 Å². The van der Waals surface area contributed by atoms with Crippen molar-refractivity contribution in [2.75, 3.05) is 26.3 Å². The van der Waals surface area contributed by atoms with Crippen molar-refractivity contribution < 1.29 is 28.6 Å². The van der Waals surface area contributed by atoms with Crippen LogP contribution < -0.4 is 10.6 Å². The third kappa shape index (κ3) is 7.73. The topological polar surface area (TPSA) is 118 Å². The van der Waals surface area contributed by atoms with Gasteiger partial charge in [-0.25, -0.2) is 4.79 Å². The quantitative estimate of drug-likeness (QED) is 0.524. The highest BCUT2D eigenvalue weighted by Crippen LogP contribution is 1.99. The van der Waals surface area contributed by atoms with Gasteiger partial charge < -0.3 is 24.9 Å². The molecule has 0 bridgehead atoms. The largest absolute Gasteiger partial charge is 0.480 e. The molecule has 2 amide bonds. The van der Waals surface area contributed by atoms with Crippen molar-refractivity contribution >= 4 is 17.8 Å². The van der Waals surface area contributed by atoms with Crippen molar-refractivity contribution in [2.45, 2.75) is 12.8 Å². The van der Waals surface area contributed by atoms with Crippen LogP contribution in [-0.4, -0.2) is 49.2 Å². The predicted octanol–water partition coefficient (Wildman–Crippen LogP) is 0.00700. The van der Waals surface area contributed by atoms with Crippen LogP contribution >= 0.6 is 0 Å². The van der Waals surface area contributed by atoms with E-state index in [0.717, 1.165) is 0 Å². The Bertz CT molecular complexity index is 457. The Hall–Kier alpha value is -2.35. The van der Waals surface area contributed by atoms with Crippen LogP contribution in [0.4, 0.5) is 0 Å². The average Bonchev–Trinajstić information content (AvgIpc) is 2.97. The minimum absolute atomic E-state index is 0.146. The summed E-state index contributed by atoms with van der Waals surface area (Å²) in [5, 5.41) is 13.5. The second-order valence-electron chi connectivity index (χ2n) is 4.13. The molecule has 0 atom stereocenters. The molecule has 0 aliphatic heterocycles. The maximum atomic E-state index is 11.5. The molecule has 0 unspecified atom stereocenters. The fraction of sp³-hybridized carbons (Fsp3) is 0.462. The van der Waals surface area contributed by atoms with Gasteiger partial charge in [-0.3, -0.25) is 9.59 Å². The first kappa shape index (κ1) is 16.7. The monoisotopic (exact) mass is 298 g/mol. The van der Waals surface area contributed by atoms with Gasteiger partial charge in [0.2, 0.25) is 5.91 Å². The van der Waals surface area contributed by atoms with Gasteiger partial charge in [0.05, 0.1) is 12.9 Å². The van der Waals surface area contributed by atoms with E-state index in [-0.39, 0.29) is 43.8 Å². The maximum Gasteiger partial charge on any atom is 0.329 e. The van der Waals surface area contributed by atoms with E-state index in [1.54, 1.807) is 12.1 Å². The van der Waals surface area contributed by atoms with Crippen molar-refractivity contribution in [1.82, 2.24) is 10.6 Å². The van der Waals surface area contributed by atoms with Gasteiger partial charge in [0.25, 0.3) is 5.91 Å². The first-order valence-electron chi connectivity index (χ1n) is 6.47. The summed E-state index contributed by atoms with van der Waals surface area (Å²) >= 11 is 0. The van der Waals surface area contributed by atoms with Crippen LogP contribution in [0.1, 0.15) is 23.4 Å². The second-order valence-corrected chi connectivity index (χ2v) is 4.13. The molecule has 0 spiro atoms. The number of carboxylic acids is 1. The fourth-order valence-electron chi connectivity index (χ4n) is 1.46. The molecule has 21 heavy (non-hydrogen) atoms. The lowest BCUT2D eigenvalue weighted by molar-refractivity contribution is -0.142. The zero-order valence-electron chi connectivity index (χ0n) is 11.5. The Morgan fingerprint density at radius 1 is 1.24 bits per heavy atom. The van der Waals surface area contributed by atoms with E-state index in [0.29, 0.717) is 13.0 Å². The molecule has 0 fully saturated rings. The molecule has 8 heteroatoms. The Morgan fingerprint density at radius 3 is 2.71 bits per heavy atom. The lowest BCUT2D eigenvalue weighted by atomic mass is 10.3. The van der Waals surface area contributed by atoms with E-state index in [1.165, 1.54) is 6.26 Å². The Balaban J connectivity index is 1.98. The normalized spacial score (nSPS) is 10.1. The van der Waals surface area contributed by atoms with Gasteiger partial charge in [-0.15, -0.1) is 0 Å². The first-order chi connectivity index (χ1) is 10.1. The summed E-state index contributed by atoms with van der Waals surface area (Å²) in [4.78, 5) is 33.0. The van der Waals surface area contributed by atoms with Crippen LogP contribution in [0.3, 0.4) is 0 Å². The molecule has 0 saturated heterocycles. The number of amides is 2. The van der Waals surface area contributed by atoms with Gasteiger partial charge in [0.15, 0.2) is 5.76 Å². The first-order valence-corrected chi connectivity index (χ1v) is 6.47. The van der Waals surface area contributed by atoms with E-state index in [9.17, 15) is 14.4 Å². The van der Waals surface area contributed by atoms with Crippen LogP contribution in [0.2, 0.25) is 0 Å². The summed E-state index contributed by atoms with van der Waals surface area (Å²) in [6.45, 7) is 0.384. The highest BCUT2D eigenvalue weighted by atomic mass is 16.5. The molecule has 1 rings (SSSR count). The number of carbonyl (C=O) groups is 3. The second kappa shape index (κ2) is 9.54. The molecule has 0 aromatic carbocycles. The Morgan fingerprint density at radius 2 is 2.05 bits per heavy atom. The summed E-state index contributed by atoms with van der Waals surface area (Å²) < 4.78 is 9.68. The lowest BCUT2D eigenvalue weighted by Crippen LogP contribution is -2.29. The zero-order valence-corrected chi connectivity index (χ0v) is 11.5. The predicted molar refractivity (Wildman–Crippen MR) is 71.7 cm³/mol. The van der Waals surface area contributed by atoms with Crippen LogP contribution in [0.5, 0.6) is 0 Å². The summed E-state index contributed by atoms with van der Waals surface area (Å²) in [5.74, 6) is -1.31. The number of carboxylic acid groups (broad SMARTS) is 1. The molecule has 0 aliphatic carbocycles. The molecule has 1 aromatic rings. The number of furan rings is 1. The Kier molecular flexibility index (Phi) is 7.59. The van der Waals surface area contributed by atoms with Crippen molar-refractivity contribution in [3.8, 4) is 0 Å². The zero-order chi connectivity index (χ0) is 15.5. The number of nitrogens with one attached hydrogen (secondary N) is 2. The van der Waals surface area contributed by atoms with Gasteiger partial charge in [0, 0.05) is 19.5 Å². The molecule has 0 saturated carbocycles.